The first kappa shape index (κ1) is 19.6. The van der Waals surface area contributed by atoms with Gasteiger partial charge in [-0.15, -0.1) is 0 Å². The molecule has 152 valence electrons. The zero-order valence-electron chi connectivity index (χ0n) is 16.4. The number of rotatable bonds is 6. The van der Waals surface area contributed by atoms with Crippen molar-refractivity contribution in [2.45, 2.75) is 56.4 Å². The van der Waals surface area contributed by atoms with Gasteiger partial charge < -0.3 is 5.32 Å². The van der Waals surface area contributed by atoms with Gasteiger partial charge in [-0.05, 0) is 61.1 Å². The molecular weight excluding hydrogens is 386 g/mol. The van der Waals surface area contributed by atoms with Crippen LogP contribution in [-0.4, -0.2) is 26.2 Å². The second-order valence-corrected chi connectivity index (χ2v) is 9.21. The molecule has 1 heterocycles. The Morgan fingerprint density at radius 2 is 1.97 bits per heavy atom. The molecule has 1 amide bonds. The first-order valence-corrected chi connectivity index (χ1v) is 11.6. The van der Waals surface area contributed by atoms with Crippen LogP contribution in [0.2, 0.25) is 0 Å². The van der Waals surface area contributed by atoms with Crippen LogP contribution in [0.5, 0.6) is 0 Å². The third kappa shape index (κ3) is 4.05. The van der Waals surface area contributed by atoms with E-state index in [1.54, 1.807) is 24.3 Å². The summed E-state index contributed by atoms with van der Waals surface area (Å²) in [4.78, 5) is 17.7. The highest BCUT2D eigenvalue weighted by atomic mass is 32.2. The number of nitrogens with one attached hydrogen (secondary N) is 2. The molecule has 2 aromatic rings. The molecule has 1 atom stereocenters. The zero-order valence-corrected chi connectivity index (χ0v) is 17.3. The lowest BCUT2D eigenvalue weighted by Crippen LogP contribution is -2.30. The summed E-state index contributed by atoms with van der Waals surface area (Å²) in [5.41, 5.74) is 3.92. The number of nitrogens with zero attached hydrogens (tertiary/aromatic N) is 1. The Hall–Kier alpha value is -2.67. The highest BCUT2D eigenvalue weighted by Crippen LogP contribution is 2.26. The van der Waals surface area contributed by atoms with Gasteiger partial charge in [0.15, 0.2) is 0 Å². The number of hydrogen-bond acceptors (Lipinski definition) is 4. The number of carbonyl (C=O) groups excluding carboxylic acids is 1. The number of hydrogen-bond donors (Lipinski definition) is 2. The Labute approximate surface area is 171 Å². The molecule has 0 spiro atoms. The molecule has 2 aromatic carbocycles. The van der Waals surface area contributed by atoms with Gasteiger partial charge in [-0.25, -0.2) is 8.42 Å². The van der Waals surface area contributed by atoms with E-state index in [1.807, 2.05) is 12.1 Å². The van der Waals surface area contributed by atoms with E-state index in [4.69, 9.17) is 0 Å². The quantitative estimate of drug-likeness (QED) is 0.764. The smallest absolute Gasteiger partial charge is 0.263 e. The van der Waals surface area contributed by atoms with Crippen molar-refractivity contribution in [2.24, 2.45) is 4.99 Å². The Morgan fingerprint density at radius 3 is 2.79 bits per heavy atom. The Morgan fingerprint density at radius 1 is 1.17 bits per heavy atom. The Balaban J connectivity index is 1.59. The number of unbranched alkanes of at least 4 members (excludes halogenated alkanes) is 1. The average Bonchev–Trinajstić information content (AvgIpc) is 3.27. The number of carbonyl (C=O) groups is 1. The molecule has 0 bridgehead atoms. The molecule has 1 aliphatic heterocycles. The summed E-state index contributed by atoms with van der Waals surface area (Å²) < 4.78 is 27.2. The zero-order chi connectivity index (χ0) is 20.4. The lowest BCUT2D eigenvalue weighted by atomic mass is 10.1. The van der Waals surface area contributed by atoms with E-state index in [2.05, 4.69) is 28.0 Å². The Bertz CT molecular complexity index is 1080. The molecule has 0 saturated carbocycles. The fourth-order valence-corrected chi connectivity index (χ4v) is 5.15. The van der Waals surface area contributed by atoms with Gasteiger partial charge in [-0.2, -0.15) is 0 Å². The topological polar surface area (TPSA) is 87.6 Å². The summed E-state index contributed by atoms with van der Waals surface area (Å²) in [6, 6.07) is 12.1. The summed E-state index contributed by atoms with van der Waals surface area (Å²) >= 11 is 0. The van der Waals surface area contributed by atoms with Crippen LogP contribution in [0.4, 0.5) is 5.69 Å². The maximum atomic E-state index is 13.0. The fourth-order valence-electron chi connectivity index (χ4n) is 3.91. The maximum absolute atomic E-state index is 13.0. The van der Waals surface area contributed by atoms with E-state index >= 15 is 0 Å². The molecule has 2 N–H and O–H groups in total. The summed E-state index contributed by atoms with van der Waals surface area (Å²) in [6.07, 6.45) is 5.60. The minimum atomic E-state index is -3.62. The average molecular weight is 412 g/mol. The molecule has 0 saturated heterocycles. The molecular formula is C22H25N3O3S. The second-order valence-electron chi connectivity index (χ2n) is 7.56. The van der Waals surface area contributed by atoms with E-state index < -0.39 is 16.1 Å². The monoisotopic (exact) mass is 411 g/mol. The first-order valence-electron chi connectivity index (χ1n) is 10.1. The number of anilines is 1. The molecule has 1 aliphatic carbocycles. The van der Waals surface area contributed by atoms with E-state index in [-0.39, 0.29) is 16.6 Å². The fraction of sp³-hybridized carbons (Fsp3) is 0.364. The summed E-state index contributed by atoms with van der Waals surface area (Å²) in [5, 5.41) is 2.98. The normalized spacial score (nSPS) is 18.7. The number of amidine groups is 1. The van der Waals surface area contributed by atoms with Crippen molar-refractivity contribution in [1.29, 1.82) is 0 Å². The maximum Gasteiger partial charge on any atom is 0.263 e. The number of aliphatic imine (C=N–C) groups is 1. The molecule has 0 fully saturated rings. The highest BCUT2D eigenvalue weighted by molar-refractivity contribution is 7.90. The van der Waals surface area contributed by atoms with E-state index in [1.165, 1.54) is 11.1 Å². The summed E-state index contributed by atoms with van der Waals surface area (Å²) in [6.45, 7) is 2.05. The largest absolute Gasteiger partial charge is 0.324 e. The van der Waals surface area contributed by atoms with Crippen LogP contribution < -0.4 is 10.0 Å². The molecule has 6 nitrogen and oxygen atoms in total. The van der Waals surface area contributed by atoms with Gasteiger partial charge >= 0.3 is 0 Å². The van der Waals surface area contributed by atoms with Crippen LogP contribution in [0.1, 0.15) is 49.3 Å². The van der Waals surface area contributed by atoms with Crippen molar-refractivity contribution in [3.05, 3.63) is 59.2 Å². The van der Waals surface area contributed by atoms with Crippen molar-refractivity contribution in [3.63, 3.8) is 0 Å². The molecule has 1 unspecified atom stereocenters. The summed E-state index contributed by atoms with van der Waals surface area (Å²) in [5.74, 6) is 0.0262. The molecule has 0 radical (unpaired) electrons. The highest BCUT2D eigenvalue weighted by Gasteiger charge is 2.31. The predicted molar refractivity (Wildman–Crippen MR) is 114 cm³/mol. The minimum absolute atomic E-state index is 0.201. The van der Waals surface area contributed by atoms with Crippen LogP contribution in [0.25, 0.3) is 0 Å². The lowest BCUT2D eigenvalue weighted by molar-refractivity contribution is -0.117. The molecule has 29 heavy (non-hydrogen) atoms. The molecule has 0 aromatic heterocycles. The predicted octanol–water partition coefficient (Wildman–Crippen LogP) is 3.41. The van der Waals surface area contributed by atoms with Crippen LogP contribution in [0.15, 0.2) is 52.4 Å². The van der Waals surface area contributed by atoms with E-state index in [0.29, 0.717) is 12.0 Å². The third-order valence-electron chi connectivity index (χ3n) is 5.45. The number of benzene rings is 2. The standard InChI is InChI=1S/C22H25N3O3S/c1-2-3-10-19(22(26)23-17-13-12-15-7-6-8-16(15)14-17)24-21-18-9-4-5-11-20(18)29(27,28)25-21/h4-5,9,11-14,19H,2-3,6-8,10H2,1H3,(H,23,26)(H,24,25). The van der Waals surface area contributed by atoms with Gasteiger partial charge in [0.1, 0.15) is 11.9 Å². The van der Waals surface area contributed by atoms with Crippen molar-refractivity contribution in [3.8, 4) is 0 Å². The van der Waals surface area contributed by atoms with Gasteiger partial charge in [-0.3, -0.25) is 14.5 Å². The Kier molecular flexibility index (Phi) is 5.41. The van der Waals surface area contributed by atoms with Crippen molar-refractivity contribution < 1.29 is 13.2 Å². The van der Waals surface area contributed by atoms with E-state index in [0.717, 1.165) is 37.8 Å². The van der Waals surface area contributed by atoms with Crippen LogP contribution >= 0.6 is 0 Å². The minimum Gasteiger partial charge on any atom is -0.324 e. The van der Waals surface area contributed by atoms with Crippen LogP contribution in [0, 0.1) is 0 Å². The number of aryl methyl sites for hydroxylation is 2. The van der Waals surface area contributed by atoms with Crippen molar-refractivity contribution in [2.75, 3.05) is 5.32 Å². The van der Waals surface area contributed by atoms with Crippen LogP contribution in [0.3, 0.4) is 0 Å². The van der Waals surface area contributed by atoms with Gasteiger partial charge in [-0.1, -0.05) is 38.0 Å². The SMILES string of the molecule is CCCCC(N=C1NS(=O)(=O)c2ccccc21)C(=O)Nc1ccc2c(c1)CCC2. The van der Waals surface area contributed by atoms with Gasteiger partial charge in [0.2, 0.25) is 5.91 Å². The summed E-state index contributed by atoms with van der Waals surface area (Å²) in [7, 11) is -3.62. The van der Waals surface area contributed by atoms with Gasteiger partial charge in [0.25, 0.3) is 10.0 Å². The van der Waals surface area contributed by atoms with E-state index in [9.17, 15) is 13.2 Å². The van der Waals surface area contributed by atoms with Crippen LogP contribution in [-0.2, 0) is 27.7 Å². The van der Waals surface area contributed by atoms with Gasteiger partial charge in [0, 0.05) is 11.3 Å². The number of amides is 1. The van der Waals surface area contributed by atoms with Crippen molar-refractivity contribution in [1.82, 2.24) is 4.72 Å². The molecule has 7 heteroatoms. The number of fused-ring (bicyclic) bond motifs is 2. The first-order chi connectivity index (χ1) is 14.0. The third-order valence-corrected chi connectivity index (χ3v) is 6.84. The molecule has 2 aliphatic rings. The number of sulfonamides is 1. The van der Waals surface area contributed by atoms with Crippen molar-refractivity contribution >= 4 is 27.5 Å². The molecule has 4 rings (SSSR count). The van der Waals surface area contributed by atoms with Gasteiger partial charge in [0.05, 0.1) is 4.90 Å². The lowest BCUT2D eigenvalue weighted by Gasteiger charge is -2.14. The second kappa shape index (κ2) is 7.99.